The molecule has 3 saturated heterocycles. The second kappa shape index (κ2) is 6.09. The Kier molecular flexibility index (Phi) is 3.92. The molecule has 3 aliphatic rings. The summed E-state index contributed by atoms with van der Waals surface area (Å²) in [5.74, 6) is 1.12. The summed E-state index contributed by atoms with van der Waals surface area (Å²) in [4.78, 5) is 23.0. The van der Waals surface area contributed by atoms with Crippen LogP contribution in [0.3, 0.4) is 0 Å². The molecule has 1 amide bonds. The first kappa shape index (κ1) is 15.4. The first-order valence-corrected chi connectivity index (χ1v) is 8.77. The fourth-order valence-corrected chi connectivity index (χ4v) is 4.14. The van der Waals surface area contributed by atoms with Gasteiger partial charge in [-0.1, -0.05) is 6.58 Å². The average molecular weight is 327 g/mol. The van der Waals surface area contributed by atoms with Gasteiger partial charge in [-0.05, 0) is 18.6 Å². The number of carbonyl (C=O) groups excluding carboxylic acids is 1. The Morgan fingerprint density at radius 1 is 1.21 bits per heavy atom. The monoisotopic (exact) mass is 327 g/mol. The molecule has 1 spiro atoms. The summed E-state index contributed by atoms with van der Waals surface area (Å²) in [6, 6.07) is 4.31. The summed E-state index contributed by atoms with van der Waals surface area (Å²) in [7, 11) is 0. The van der Waals surface area contributed by atoms with Gasteiger partial charge in [0.2, 0.25) is 5.91 Å². The quantitative estimate of drug-likeness (QED) is 0.829. The summed E-state index contributed by atoms with van der Waals surface area (Å²) < 4.78 is 0. The molecule has 0 aromatic carbocycles. The lowest BCUT2D eigenvalue weighted by Gasteiger charge is -2.48. The fraction of sp³-hybridized carbons (Fsp3) is 0.556. The smallest absolute Gasteiger partial charge is 0.245 e. The Labute approximate surface area is 143 Å². The first-order valence-electron chi connectivity index (χ1n) is 8.77. The van der Waals surface area contributed by atoms with Crippen LogP contribution in [0.2, 0.25) is 0 Å². The van der Waals surface area contributed by atoms with Crippen molar-refractivity contribution in [2.75, 3.05) is 62.2 Å². The first-order chi connectivity index (χ1) is 11.7. The van der Waals surface area contributed by atoms with E-state index < -0.39 is 0 Å². The van der Waals surface area contributed by atoms with E-state index in [0.29, 0.717) is 0 Å². The highest BCUT2D eigenvalue weighted by Gasteiger charge is 2.48. The van der Waals surface area contributed by atoms with Gasteiger partial charge in [0.25, 0.3) is 0 Å². The SMILES string of the molecule is C=CC(=O)N1CCC2(C1)CN(c1cc(N3CCNCC3)ccn1)C2. The fourth-order valence-electron chi connectivity index (χ4n) is 4.14. The number of nitrogens with zero attached hydrogens (tertiary/aromatic N) is 4. The van der Waals surface area contributed by atoms with Crippen molar-refractivity contribution >= 4 is 17.4 Å². The van der Waals surface area contributed by atoms with Gasteiger partial charge in [-0.3, -0.25) is 4.79 Å². The third kappa shape index (κ3) is 2.75. The highest BCUT2D eigenvalue weighted by Crippen LogP contribution is 2.41. The number of piperazine rings is 1. The Morgan fingerprint density at radius 2 is 2.00 bits per heavy atom. The van der Waals surface area contributed by atoms with Crippen LogP contribution in [0.5, 0.6) is 0 Å². The lowest BCUT2D eigenvalue weighted by atomic mass is 9.79. The van der Waals surface area contributed by atoms with Crippen LogP contribution >= 0.6 is 0 Å². The molecule has 0 aliphatic carbocycles. The van der Waals surface area contributed by atoms with Crippen molar-refractivity contribution in [1.82, 2.24) is 15.2 Å². The zero-order valence-electron chi connectivity index (χ0n) is 14.1. The second-order valence-electron chi connectivity index (χ2n) is 7.18. The molecule has 6 nitrogen and oxygen atoms in total. The molecule has 0 saturated carbocycles. The second-order valence-corrected chi connectivity index (χ2v) is 7.18. The van der Waals surface area contributed by atoms with Gasteiger partial charge < -0.3 is 20.0 Å². The minimum Gasteiger partial charge on any atom is -0.369 e. The third-order valence-electron chi connectivity index (χ3n) is 5.51. The van der Waals surface area contributed by atoms with E-state index in [0.717, 1.165) is 64.6 Å². The van der Waals surface area contributed by atoms with Crippen LogP contribution in [0.25, 0.3) is 0 Å². The summed E-state index contributed by atoms with van der Waals surface area (Å²) in [5.41, 5.74) is 1.52. The normalized spacial score (nSPS) is 22.6. The number of anilines is 2. The summed E-state index contributed by atoms with van der Waals surface area (Å²) in [6.07, 6.45) is 4.43. The van der Waals surface area contributed by atoms with Gasteiger partial charge in [-0.2, -0.15) is 0 Å². The number of likely N-dealkylation sites (tertiary alicyclic amines) is 1. The van der Waals surface area contributed by atoms with Crippen molar-refractivity contribution in [2.24, 2.45) is 5.41 Å². The van der Waals surface area contributed by atoms with Crippen LogP contribution in [0, 0.1) is 5.41 Å². The Bertz CT molecular complexity index is 634. The van der Waals surface area contributed by atoms with Crippen LogP contribution in [0.1, 0.15) is 6.42 Å². The topological polar surface area (TPSA) is 51.7 Å². The molecule has 0 atom stereocenters. The average Bonchev–Trinajstić information content (AvgIpc) is 3.06. The molecule has 1 aromatic heterocycles. The molecule has 1 N–H and O–H groups in total. The number of rotatable bonds is 3. The molecule has 1 aromatic rings. The van der Waals surface area contributed by atoms with Gasteiger partial charge in [0, 0.05) is 75.7 Å². The van der Waals surface area contributed by atoms with E-state index >= 15 is 0 Å². The van der Waals surface area contributed by atoms with Gasteiger partial charge in [-0.15, -0.1) is 0 Å². The molecule has 0 bridgehead atoms. The number of aromatic nitrogens is 1. The molecule has 24 heavy (non-hydrogen) atoms. The maximum atomic E-state index is 11.8. The van der Waals surface area contributed by atoms with Gasteiger partial charge >= 0.3 is 0 Å². The molecule has 0 unspecified atom stereocenters. The van der Waals surface area contributed by atoms with Gasteiger partial charge in [-0.25, -0.2) is 4.98 Å². The van der Waals surface area contributed by atoms with Crippen molar-refractivity contribution in [1.29, 1.82) is 0 Å². The number of hydrogen-bond donors (Lipinski definition) is 1. The van der Waals surface area contributed by atoms with Crippen LogP contribution in [-0.4, -0.2) is 68.1 Å². The Balaban J connectivity index is 1.40. The summed E-state index contributed by atoms with van der Waals surface area (Å²) >= 11 is 0. The highest BCUT2D eigenvalue weighted by molar-refractivity contribution is 5.87. The van der Waals surface area contributed by atoms with Crippen molar-refractivity contribution in [2.45, 2.75) is 6.42 Å². The maximum Gasteiger partial charge on any atom is 0.245 e. The van der Waals surface area contributed by atoms with E-state index in [-0.39, 0.29) is 11.3 Å². The van der Waals surface area contributed by atoms with E-state index in [1.807, 2.05) is 11.1 Å². The maximum absolute atomic E-state index is 11.8. The lowest BCUT2D eigenvalue weighted by molar-refractivity contribution is -0.125. The molecule has 3 fully saturated rings. The molecule has 6 heteroatoms. The van der Waals surface area contributed by atoms with Crippen molar-refractivity contribution < 1.29 is 4.79 Å². The largest absolute Gasteiger partial charge is 0.369 e. The van der Waals surface area contributed by atoms with Crippen LogP contribution in [0.4, 0.5) is 11.5 Å². The van der Waals surface area contributed by atoms with E-state index in [2.05, 4.69) is 38.8 Å². The van der Waals surface area contributed by atoms with Crippen molar-refractivity contribution in [3.05, 3.63) is 31.0 Å². The van der Waals surface area contributed by atoms with Gasteiger partial charge in [0.15, 0.2) is 0 Å². The molecule has 4 heterocycles. The zero-order chi connectivity index (χ0) is 16.6. The lowest BCUT2D eigenvalue weighted by Crippen LogP contribution is -2.58. The Hall–Kier alpha value is -2.08. The number of pyridine rings is 1. The Morgan fingerprint density at radius 3 is 2.75 bits per heavy atom. The molecular weight excluding hydrogens is 302 g/mol. The number of nitrogens with one attached hydrogen (secondary N) is 1. The van der Waals surface area contributed by atoms with Crippen LogP contribution in [-0.2, 0) is 4.79 Å². The highest BCUT2D eigenvalue weighted by atomic mass is 16.2. The summed E-state index contributed by atoms with van der Waals surface area (Å²) in [5, 5.41) is 3.39. The standard InChI is InChI=1S/C18H25N5O/c1-2-17(24)22-8-4-18(12-22)13-23(14-18)16-11-15(3-5-20-16)21-9-6-19-7-10-21/h2-3,5,11,19H,1,4,6-10,12-14H2. The van der Waals surface area contributed by atoms with E-state index in [1.54, 1.807) is 0 Å². The summed E-state index contributed by atoms with van der Waals surface area (Å²) in [6.45, 7) is 11.5. The molecule has 0 radical (unpaired) electrons. The zero-order valence-corrected chi connectivity index (χ0v) is 14.1. The van der Waals surface area contributed by atoms with Crippen molar-refractivity contribution in [3.63, 3.8) is 0 Å². The third-order valence-corrected chi connectivity index (χ3v) is 5.51. The van der Waals surface area contributed by atoms with Gasteiger partial charge in [0.05, 0.1) is 0 Å². The van der Waals surface area contributed by atoms with Gasteiger partial charge in [0.1, 0.15) is 5.82 Å². The van der Waals surface area contributed by atoms with E-state index in [1.165, 1.54) is 11.8 Å². The minimum atomic E-state index is 0.0594. The number of carbonyl (C=O) groups is 1. The van der Waals surface area contributed by atoms with Crippen LogP contribution in [0.15, 0.2) is 31.0 Å². The molecule has 4 rings (SSSR count). The predicted octanol–water partition coefficient (Wildman–Crippen LogP) is 0.716. The van der Waals surface area contributed by atoms with E-state index in [9.17, 15) is 4.79 Å². The predicted molar refractivity (Wildman–Crippen MR) is 95.4 cm³/mol. The molecule has 128 valence electrons. The van der Waals surface area contributed by atoms with E-state index in [4.69, 9.17) is 0 Å². The number of amides is 1. The minimum absolute atomic E-state index is 0.0594. The van der Waals surface area contributed by atoms with Crippen LogP contribution < -0.4 is 15.1 Å². The number of hydrogen-bond acceptors (Lipinski definition) is 5. The van der Waals surface area contributed by atoms with Crippen molar-refractivity contribution in [3.8, 4) is 0 Å². The molecule has 3 aliphatic heterocycles. The molecular formula is C18H25N5O.